The van der Waals surface area contributed by atoms with Crippen LogP contribution in [0, 0.1) is 25.7 Å². The molecule has 0 saturated heterocycles. The van der Waals surface area contributed by atoms with Crippen molar-refractivity contribution in [2.75, 3.05) is 5.32 Å². The second-order valence-corrected chi connectivity index (χ2v) is 6.87. The molecule has 0 saturated carbocycles. The zero-order valence-corrected chi connectivity index (χ0v) is 15.3. The quantitative estimate of drug-likeness (QED) is 0.799. The SMILES string of the molecule is Cc1cc(C)cc(C[C@@H](C(=O)O)[C@H](C)C(=O)Nc2ccc(Cl)cc2)c1. The summed E-state index contributed by atoms with van der Waals surface area (Å²) in [5.41, 5.74) is 3.68. The number of carbonyl (C=O) groups excluding carboxylic acids is 1. The van der Waals surface area contributed by atoms with Crippen molar-refractivity contribution in [1.29, 1.82) is 0 Å². The van der Waals surface area contributed by atoms with Crippen molar-refractivity contribution in [3.8, 4) is 0 Å². The minimum atomic E-state index is -0.974. The number of carboxylic acid groups (broad SMARTS) is 1. The third-order valence-corrected chi connectivity index (χ3v) is 4.44. The molecule has 5 heteroatoms. The van der Waals surface area contributed by atoms with Crippen molar-refractivity contribution in [3.05, 3.63) is 64.2 Å². The second-order valence-electron chi connectivity index (χ2n) is 6.43. The Morgan fingerprint density at radius 1 is 1.08 bits per heavy atom. The molecule has 132 valence electrons. The average Bonchev–Trinajstić information content (AvgIpc) is 2.53. The van der Waals surface area contributed by atoms with E-state index in [1.54, 1.807) is 31.2 Å². The minimum absolute atomic E-state index is 0.313. The van der Waals surface area contributed by atoms with Gasteiger partial charge in [0.15, 0.2) is 0 Å². The summed E-state index contributed by atoms with van der Waals surface area (Å²) in [7, 11) is 0. The lowest BCUT2D eigenvalue weighted by Gasteiger charge is -2.20. The van der Waals surface area contributed by atoms with Crippen LogP contribution in [-0.2, 0) is 16.0 Å². The summed E-state index contributed by atoms with van der Waals surface area (Å²) in [6, 6.07) is 12.7. The summed E-state index contributed by atoms with van der Waals surface area (Å²) in [6.45, 7) is 5.60. The van der Waals surface area contributed by atoms with Gasteiger partial charge in [-0.05, 0) is 50.1 Å². The summed E-state index contributed by atoms with van der Waals surface area (Å²) < 4.78 is 0. The van der Waals surface area contributed by atoms with Gasteiger partial charge in [0.25, 0.3) is 0 Å². The highest BCUT2D eigenvalue weighted by atomic mass is 35.5. The van der Waals surface area contributed by atoms with Crippen molar-refractivity contribution < 1.29 is 14.7 Å². The molecule has 0 unspecified atom stereocenters. The van der Waals surface area contributed by atoms with Crippen molar-refractivity contribution >= 4 is 29.2 Å². The number of benzene rings is 2. The summed E-state index contributed by atoms with van der Waals surface area (Å²) in [5, 5.41) is 12.9. The van der Waals surface area contributed by atoms with E-state index < -0.39 is 17.8 Å². The Balaban J connectivity index is 2.13. The third kappa shape index (κ3) is 5.33. The lowest BCUT2D eigenvalue weighted by atomic mass is 9.86. The van der Waals surface area contributed by atoms with Crippen molar-refractivity contribution in [2.24, 2.45) is 11.8 Å². The first-order valence-corrected chi connectivity index (χ1v) is 8.50. The van der Waals surface area contributed by atoms with Crippen LogP contribution in [-0.4, -0.2) is 17.0 Å². The molecule has 25 heavy (non-hydrogen) atoms. The lowest BCUT2D eigenvalue weighted by Crippen LogP contribution is -2.33. The van der Waals surface area contributed by atoms with Crippen LogP contribution in [0.4, 0.5) is 5.69 Å². The molecular weight excluding hydrogens is 338 g/mol. The molecule has 2 atom stereocenters. The molecule has 2 aromatic rings. The van der Waals surface area contributed by atoms with Gasteiger partial charge in [0.1, 0.15) is 0 Å². The summed E-state index contributed by atoms with van der Waals surface area (Å²) in [6.07, 6.45) is 0.313. The number of rotatable bonds is 6. The van der Waals surface area contributed by atoms with Crippen molar-refractivity contribution in [2.45, 2.75) is 27.2 Å². The lowest BCUT2D eigenvalue weighted by molar-refractivity contribution is -0.145. The average molecular weight is 360 g/mol. The van der Waals surface area contributed by atoms with Gasteiger partial charge in [-0.1, -0.05) is 47.9 Å². The van der Waals surface area contributed by atoms with Crippen molar-refractivity contribution in [3.63, 3.8) is 0 Å². The fourth-order valence-electron chi connectivity index (χ4n) is 2.89. The molecule has 0 fully saturated rings. The van der Waals surface area contributed by atoms with Crippen LogP contribution in [0.3, 0.4) is 0 Å². The van der Waals surface area contributed by atoms with Gasteiger partial charge in [0.2, 0.25) is 5.91 Å². The topological polar surface area (TPSA) is 66.4 Å². The molecule has 0 heterocycles. The Kier molecular flexibility index (Phi) is 6.21. The Morgan fingerprint density at radius 2 is 1.64 bits per heavy atom. The molecule has 0 aliphatic heterocycles. The Labute approximate surface area is 152 Å². The van der Waals surface area contributed by atoms with Crippen molar-refractivity contribution in [1.82, 2.24) is 0 Å². The number of nitrogens with one attached hydrogen (secondary N) is 1. The summed E-state index contributed by atoms with van der Waals surface area (Å²) in [5.74, 6) is -2.76. The molecule has 4 nitrogen and oxygen atoms in total. The Hall–Kier alpha value is -2.33. The molecule has 0 aliphatic carbocycles. The standard InChI is InChI=1S/C20H22ClNO3/c1-12-8-13(2)10-15(9-12)11-18(20(24)25)14(3)19(23)22-17-6-4-16(21)5-7-17/h4-10,14,18H,11H2,1-3H3,(H,22,23)(H,24,25)/t14-,18+/m0/s1. The number of aryl methyl sites for hydroxylation is 2. The van der Waals surface area contributed by atoms with E-state index in [0.717, 1.165) is 16.7 Å². The number of amides is 1. The smallest absolute Gasteiger partial charge is 0.307 e. The second kappa shape index (κ2) is 8.17. The van der Waals surface area contributed by atoms with Crippen LogP contribution in [0.5, 0.6) is 0 Å². The molecule has 2 N–H and O–H groups in total. The van der Waals surface area contributed by atoms with Crippen LogP contribution in [0.2, 0.25) is 5.02 Å². The van der Waals surface area contributed by atoms with E-state index in [9.17, 15) is 14.7 Å². The number of anilines is 1. The van der Waals surface area contributed by atoms with Crippen LogP contribution in [0.15, 0.2) is 42.5 Å². The zero-order valence-electron chi connectivity index (χ0n) is 14.5. The molecule has 0 aliphatic rings. The number of hydrogen-bond donors (Lipinski definition) is 2. The van der Waals surface area contributed by atoms with E-state index in [1.165, 1.54) is 0 Å². The third-order valence-electron chi connectivity index (χ3n) is 4.18. The molecule has 0 bridgehead atoms. The Morgan fingerprint density at radius 3 is 2.16 bits per heavy atom. The largest absolute Gasteiger partial charge is 0.481 e. The molecular formula is C20H22ClNO3. The first-order valence-electron chi connectivity index (χ1n) is 8.12. The van der Waals surface area contributed by atoms with Gasteiger partial charge in [0, 0.05) is 16.6 Å². The maximum Gasteiger partial charge on any atom is 0.307 e. The normalized spacial score (nSPS) is 13.1. The molecule has 0 radical (unpaired) electrons. The fourth-order valence-corrected chi connectivity index (χ4v) is 3.02. The van der Waals surface area contributed by atoms with E-state index in [2.05, 4.69) is 5.32 Å². The highest BCUT2D eigenvalue weighted by molar-refractivity contribution is 6.30. The van der Waals surface area contributed by atoms with E-state index in [0.29, 0.717) is 17.1 Å². The van der Waals surface area contributed by atoms with Gasteiger partial charge in [-0.3, -0.25) is 9.59 Å². The predicted octanol–water partition coefficient (Wildman–Crippen LogP) is 4.47. The van der Waals surface area contributed by atoms with Crippen LogP contribution in [0.1, 0.15) is 23.6 Å². The van der Waals surface area contributed by atoms with E-state index in [4.69, 9.17) is 11.6 Å². The van der Waals surface area contributed by atoms with E-state index in [1.807, 2.05) is 32.0 Å². The maximum atomic E-state index is 12.5. The number of halogens is 1. The summed E-state index contributed by atoms with van der Waals surface area (Å²) >= 11 is 5.83. The van der Waals surface area contributed by atoms with Gasteiger partial charge in [-0.15, -0.1) is 0 Å². The van der Waals surface area contributed by atoms with E-state index >= 15 is 0 Å². The first kappa shape index (κ1) is 19.0. The van der Waals surface area contributed by atoms with Gasteiger partial charge >= 0.3 is 5.97 Å². The maximum absolute atomic E-state index is 12.5. The molecule has 2 aromatic carbocycles. The van der Waals surface area contributed by atoms with Gasteiger partial charge < -0.3 is 10.4 Å². The molecule has 0 aromatic heterocycles. The minimum Gasteiger partial charge on any atom is -0.481 e. The number of carbonyl (C=O) groups is 2. The number of carboxylic acids is 1. The molecule has 1 amide bonds. The van der Waals surface area contributed by atoms with Gasteiger partial charge in [0.05, 0.1) is 5.92 Å². The predicted molar refractivity (Wildman–Crippen MR) is 100.0 cm³/mol. The first-order chi connectivity index (χ1) is 11.8. The highest BCUT2D eigenvalue weighted by Gasteiger charge is 2.30. The fraction of sp³-hybridized carbons (Fsp3) is 0.300. The number of hydrogen-bond acceptors (Lipinski definition) is 2. The zero-order chi connectivity index (χ0) is 18.6. The van der Waals surface area contributed by atoms with Crippen LogP contribution >= 0.6 is 11.6 Å². The van der Waals surface area contributed by atoms with Crippen LogP contribution < -0.4 is 5.32 Å². The molecule has 0 spiro atoms. The number of aliphatic carboxylic acids is 1. The van der Waals surface area contributed by atoms with Crippen LogP contribution in [0.25, 0.3) is 0 Å². The summed E-state index contributed by atoms with van der Waals surface area (Å²) in [4.78, 5) is 24.2. The monoisotopic (exact) mass is 359 g/mol. The molecule has 2 rings (SSSR count). The highest BCUT2D eigenvalue weighted by Crippen LogP contribution is 2.22. The Bertz CT molecular complexity index is 751. The van der Waals surface area contributed by atoms with Gasteiger partial charge in [-0.25, -0.2) is 0 Å². The van der Waals surface area contributed by atoms with E-state index in [-0.39, 0.29) is 5.91 Å². The van der Waals surface area contributed by atoms with Gasteiger partial charge in [-0.2, -0.15) is 0 Å².